The first kappa shape index (κ1) is 13.5. The number of esters is 1. The van der Waals surface area contributed by atoms with Crippen LogP contribution in [0.1, 0.15) is 52.4 Å². The lowest BCUT2D eigenvalue weighted by Crippen LogP contribution is -2.26. The van der Waals surface area contributed by atoms with E-state index in [-0.39, 0.29) is 11.8 Å². The molecule has 0 fully saturated rings. The Morgan fingerprint density at radius 2 is 1.73 bits per heavy atom. The van der Waals surface area contributed by atoms with Crippen molar-refractivity contribution in [3.8, 4) is 0 Å². The maximum absolute atomic E-state index is 14.7. The first-order chi connectivity index (χ1) is 10.6. The van der Waals surface area contributed by atoms with E-state index in [0.29, 0.717) is 11.1 Å². The predicted molar refractivity (Wildman–Crippen MR) is 81.4 cm³/mol. The zero-order chi connectivity index (χ0) is 15.3. The molecular formula is C19H17FO2. The number of carbonyl (C=O) groups excluding carboxylic acids is 1. The Bertz CT molecular complexity index is 781. The van der Waals surface area contributed by atoms with Gasteiger partial charge < -0.3 is 4.74 Å². The number of carbonyl (C=O) groups is 1. The third kappa shape index (κ3) is 1.81. The molecule has 2 aromatic rings. The number of benzene rings is 2. The van der Waals surface area contributed by atoms with Gasteiger partial charge in [0.2, 0.25) is 0 Å². The van der Waals surface area contributed by atoms with E-state index < -0.39 is 5.60 Å². The van der Waals surface area contributed by atoms with Gasteiger partial charge in [-0.1, -0.05) is 18.2 Å². The fourth-order valence-electron chi connectivity index (χ4n) is 3.69. The smallest absolute Gasteiger partial charge is 0.339 e. The molecule has 2 nitrogen and oxygen atoms in total. The summed E-state index contributed by atoms with van der Waals surface area (Å²) < 4.78 is 20.3. The van der Waals surface area contributed by atoms with Crippen LogP contribution in [-0.4, -0.2) is 5.97 Å². The fourth-order valence-corrected chi connectivity index (χ4v) is 3.69. The van der Waals surface area contributed by atoms with Crippen LogP contribution in [0, 0.1) is 5.82 Å². The Hall–Kier alpha value is -2.16. The summed E-state index contributed by atoms with van der Waals surface area (Å²) in [6.07, 6.45) is 4.14. The van der Waals surface area contributed by atoms with Crippen LogP contribution < -0.4 is 0 Å². The first-order valence-corrected chi connectivity index (χ1v) is 7.74. The van der Waals surface area contributed by atoms with Crippen molar-refractivity contribution >= 4 is 5.97 Å². The molecule has 2 aliphatic rings. The predicted octanol–water partition coefficient (Wildman–Crippen LogP) is 4.14. The molecule has 22 heavy (non-hydrogen) atoms. The third-order valence-corrected chi connectivity index (χ3v) is 4.90. The van der Waals surface area contributed by atoms with Crippen molar-refractivity contribution in [2.75, 3.05) is 0 Å². The highest BCUT2D eigenvalue weighted by atomic mass is 19.1. The molecule has 0 spiro atoms. The van der Waals surface area contributed by atoms with Crippen molar-refractivity contribution in [2.45, 2.75) is 38.2 Å². The molecule has 2 aromatic carbocycles. The summed E-state index contributed by atoms with van der Waals surface area (Å²) in [6.45, 7) is 1.78. The zero-order valence-corrected chi connectivity index (χ0v) is 12.5. The third-order valence-electron chi connectivity index (χ3n) is 4.90. The van der Waals surface area contributed by atoms with E-state index in [4.69, 9.17) is 4.74 Å². The van der Waals surface area contributed by atoms with Crippen LogP contribution in [-0.2, 0) is 23.2 Å². The van der Waals surface area contributed by atoms with Gasteiger partial charge in [-0.15, -0.1) is 0 Å². The molecule has 1 unspecified atom stereocenters. The van der Waals surface area contributed by atoms with Gasteiger partial charge in [0.1, 0.15) is 5.82 Å². The average Bonchev–Trinajstić information content (AvgIpc) is 2.79. The summed E-state index contributed by atoms with van der Waals surface area (Å²) in [5.74, 6) is -0.664. The molecule has 1 atom stereocenters. The van der Waals surface area contributed by atoms with Gasteiger partial charge in [0.25, 0.3) is 0 Å². The molecular weight excluding hydrogens is 279 g/mol. The molecule has 112 valence electrons. The van der Waals surface area contributed by atoms with E-state index in [0.717, 1.165) is 36.8 Å². The molecule has 0 N–H and O–H groups in total. The minimum absolute atomic E-state index is 0.285. The standard InChI is InChI=1S/C19H17FO2/c1-19(15-9-5-4-8-14(15)18(21)22-19)16-10-12-6-2-3-7-13(12)11-17(16)20/h4-5,8-11H,2-3,6-7H2,1H3. The lowest BCUT2D eigenvalue weighted by atomic mass is 9.82. The number of ether oxygens (including phenoxy) is 1. The van der Waals surface area contributed by atoms with Crippen LogP contribution in [0.5, 0.6) is 0 Å². The number of aryl methyl sites for hydroxylation is 2. The van der Waals surface area contributed by atoms with Gasteiger partial charge in [0.15, 0.2) is 5.60 Å². The summed E-state index contributed by atoms with van der Waals surface area (Å²) >= 11 is 0. The second-order valence-electron chi connectivity index (χ2n) is 6.28. The second kappa shape index (κ2) is 4.67. The maximum Gasteiger partial charge on any atom is 0.339 e. The highest BCUT2D eigenvalue weighted by Crippen LogP contribution is 2.43. The Morgan fingerprint density at radius 1 is 1.05 bits per heavy atom. The Labute approximate surface area is 128 Å². The normalized spacial score (nSPS) is 22.9. The van der Waals surface area contributed by atoms with Crippen molar-refractivity contribution in [3.05, 3.63) is 70.0 Å². The monoisotopic (exact) mass is 296 g/mol. The van der Waals surface area contributed by atoms with E-state index >= 15 is 0 Å². The van der Waals surface area contributed by atoms with Crippen LogP contribution in [0.2, 0.25) is 0 Å². The summed E-state index contributed by atoms with van der Waals surface area (Å²) in [7, 11) is 0. The van der Waals surface area contributed by atoms with Gasteiger partial charge in [-0.05, 0) is 61.9 Å². The highest BCUT2D eigenvalue weighted by Gasteiger charge is 2.44. The van der Waals surface area contributed by atoms with Crippen molar-refractivity contribution in [1.29, 1.82) is 0 Å². The van der Waals surface area contributed by atoms with Gasteiger partial charge in [0.05, 0.1) is 5.56 Å². The number of hydrogen-bond acceptors (Lipinski definition) is 2. The van der Waals surface area contributed by atoms with Crippen molar-refractivity contribution in [2.24, 2.45) is 0 Å². The summed E-state index contributed by atoms with van der Waals surface area (Å²) in [4.78, 5) is 12.1. The van der Waals surface area contributed by atoms with E-state index in [1.807, 2.05) is 18.2 Å². The Morgan fingerprint density at radius 3 is 2.50 bits per heavy atom. The molecule has 0 radical (unpaired) electrons. The lowest BCUT2D eigenvalue weighted by Gasteiger charge is -2.27. The number of rotatable bonds is 1. The van der Waals surface area contributed by atoms with Gasteiger partial charge >= 0.3 is 5.97 Å². The lowest BCUT2D eigenvalue weighted by molar-refractivity contribution is 0.0168. The van der Waals surface area contributed by atoms with E-state index in [1.54, 1.807) is 25.1 Å². The molecule has 0 aromatic heterocycles. The maximum atomic E-state index is 14.7. The average molecular weight is 296 g/mol. The SMILES string of the molecule is CC1(c2cc3c(cc2F)CCCC3)OC(=O)c2ccccc21. The van der Waals surface area contributed by atoms with Crippen molar-refractivity contribution in [1.82, 2.24) is 0 Å². The Balaban J connectivity index is 1.90. The largest absolute Gasteiger partial charge is 0.446 e. The van der Waals surface area contributed by atoms with Gasteiger partial charge in [-0.2, -0.15) is 0 Å². The number of cyclic esters (lactones) is 1. The number of fused-ring (bicyclic) bond motifs is 2. The molecule has 0 saturated carbocycles. The Kier molecular flexibility index (Phi) is 2.86. The second-order valence-corrected chi connectivity index (χ2v) is 6.28. The first-order valence-electron chi connectivity index (χ1n) is 7.74. The molecule has 0 saturated heterocycles. The summed E-state index contributed by atoms with van der Waals surface area (Å²) in [5, 5.41) is 0. The summed E-state index contributed by atoms with van der Waals surface area (Å²) in [6, 6.07) is 10.8. The minimum atomic E-state index is -1.04. The summed E-state index contributed by atoms with van der Waals surface area (Å²) in [5.41, 5.74) is 2.98. The topological polar surface area (TPSA) is 26.3 Å². The molecule has 1 aliphatic heterocycles. The van der Waals surface area contributed by atoms with E-state index in [1.165, 1.54) is 5.56 Å². The highest BCUT2D eigenvalue weighted by molar-refractivity contribution is 5.95. The number of halogens is 1. The van der Waals surface area contributed by atoms with Gasteiger partial charge in [-0.3, -0.25) is 0 Å². The van der Waals surface area contributed by atoms with Gasteiger partial charge in [0, 0.05) is 11.1 Å². The van der Waals surface area contributed by atoms with Gasteiger partial charge in [-0.25, -0.2) is 9.18 Å². The van der Waals surface area contributed by atoms with Crippen molar-refractivity contribution in [3.63, 3.8) is 0 Å². The molecule has 0 amide bonds. The number of hydrogen-bond donors (Lipinski definition) is 0. The molecule has 1 heterocycles. The van der Waals surface area contributed by atoms with E-state index in [9.17, 15) is 9.18 Å². The quantitative estimate of drug-likeness (QED) is 0.739. The van der Waals surface area contributed by atoms with Crippen LogP contribution in [0.4, 0.5) is 4.39 Å². The van der Waals surface area contributed by atoms with Crippen molar-refractivity contribution < 1.29 is 13.9 Å². The zero-order valence-electron chi connectivity index (χ0n) is 12.5. The molecule has 0 bridgehead atoms. The molecule has 1 aliphatic carbocycles. The van der Waals surface area contributed by atoms with Crippen LogP contribution in [0.15, 0.2) is 36.4 Å². The minimum Gasteiger partial charge on any atom is -0.446 e. The van der Waals surface area contributed by atoms with E-state index in [2.05, 4.69) is 0 Å². The fraction of sp³-hybridized carbons (Fsp3) is 0.316. The van der Waals surface area contributed by atoms with Crippen LogP contribution in [0.3, 0.4) is 0 Å². The molecule has 4 rings (SSSR count). The van der Waals surface area contributed by atoms with Crippen LogP contribution >= 0.6 is 0 Å². The molecule has 3 heteroatoms. The van der Waals surface area contributed by atoms with Crippen LogP contribution in [0.25, 0.3) is 0 Å².